The smallest absolute Gasteiger partial charge is 0.261 e. The number of fused-ring (bicyclic) bond motifs is 1. The quantitative estimate of drug-likeness (QED) is 0.614. The fourth-order valence-corrected chi connectivity index (χ4v) is 3.89. The first-order chi connectivity index (χ1) is 14.5. The van der Waals surface area contributed by atoms with Crippen LogP contribution in [0.5, 0.6) is 0 Å². The summed E-state index contributed by atoms with van der Waals surface area (Å²) in [6.07, 6.45) is 0. The summed E-state index contributed by atoms with van der Waals surface area (Å²) >= 11 is 0. The van der Waals surface area contributed by atoms with Gasteiger partial charge in [0.25, 0.3) is 23.6 Å². The summed E-state index contributed by atoms with van der Waals surface area (Å²) in [6, 6.07) is 18.0. The molecule has 2 heterocycles. The van der Waals surface area contributed by atoms with Gasteiger partial charge in [-0.1, -0.05) is 36.4 Å². The largest absolute Gasteiger partial charge is 0.275 e. The molecule has 0 saturated heterocycles. The van der Waals surface area contributed by atoms with Crippen LogP contribution in [0.25, 0.3) is 10.8 Å². The number of carbonyl (C=O) groups is 4. The molecule has 5 rings (SSSR count). The van der Waals surface area contributed by atoms with E-state index < -0.39 is 0 Å². The van der Waals surface area contributed by atoms with Crippen LogP contribution < -0.4 is 0 Å². The molecule has 3 aromatic rings. The molecular formula is C24H20N2O4. The summed E-state index contributed by atoms with van der Waals surface area (Å²) in [5.41, 5.74) is 2.29. The first kappa shape index (κ1) is 19.5. The Kier molecular flexibility index (Phi) is 4.91. The van der Waals surface area contributed by atoms with E-state index in [4.69, 9.17) is 0 Å². The van der Waals surface area contributed by atoms with Gasteiger partial charge in [-0.3, -0.25) is 29.0 Å². The number of amides is 4. The van der Waals surface area contributed by atoms with Gasteiger partial charge in [-0.15, -0.1) is 0 Å². The Morgan fingerprint density at radius 3 is 1.30 bits per heavy atom. The lowest BCUT2D eigenvalue weighted by molar-refractivity contribution is 0.0614. The normalized spacial score (nSPS) is 14.7. The van der Waals surface area contributed by atoms with Gasteiger partial charge in [-0.05, 0) is 43.5 Å². The van der Waals surface area contributed by atoms with Gasteiger partial charge in [-0.25, -0.2) is 0 Å². The summed E-state index contributed by atoms with van der Waals surface area (Å²) in [7, 11) is 0. The number of nitrogens with zero attached hydrogens (tertiary/aromatic N) is 2. The third kappa shape index (κ3) is 2.88. The van der Waals surface area contributed by atoms with Crippen LogP contribution in [0.15, 0.2) is 60.7 Å². The number of carbonyl (C=O) groups excluding carboxylic acids is 4. The molecule has 0 aliphatic carbocycles. The van der Waals surface area contributed by atoms with Gasteiger partial charge < -0.3 is 0 Å². The van der Waals surface area contributed by atoms with Gasteiger partial charge in [-0.2, -0.15) is 0 Å². The second-order valence-corrected chi connectivity index (χ2v) is 6.96. The third-order valence-electron chi connectivity index (χ3n) is 5.37. The standard InChI is InChI=1S/C14H11NO2.C10H9NO2/c1-2-15-13(16)10-7-3-5-9-6-4-8-11(12(9)10)14(15)17;1-2-11-9(12)7-5-3-4-6-8(7)10(11)13/h3-8H,2H2,1H3;3-6H,2H2,1H3. The Hall–Kier alpha value is -3.80. The molecule has 0 radical (unpaired) electrons. The Morgan fingerprint density at radius 2 is 0.900 bits per heavy atom. The highest BCUT2D eigenvalue weighted by atomic mass is 16.2. The minimum absolute atomic E-state index is 0.178. The molecule has 2 aliphatic rings. The number of benzene rings is 3. The van der Waals surface area contributed by atoms with E-state index in [0.29, 0.717) is 35.3 Å². The lowest BCUT2D eigenvalue weighted by Crippen LogP contribution is -2.39. The topological polar surface area (TPSA) is 74.8 Å². The van der Waals surface area contributed by atoms with Crippen molar-refractivity contribution in [1.29, 1.82) is 0 Å². The maximum absolute atomic E-state index is 12.1. The van der Waals surface area contributed by atoms with Crippen molar-refractivity contribution in [3.63, 3.8) is 0 Å². The van der Waals surface area contributed by atoms with E-state index in [0.717, 1.165) is 10.8 Å². The predicted octanol–water partition coefficient (Wildman–Crippen LogP) is 3.76. The van der Waals surface area contributed by atoms with Crippen molar-refractivity contribution >= 4 is 34.4 Å². The molecule has 2 aliphatic heterocycles. The zero-order valence-corrected chi connectivity index (χ0v) is 16.7. The fourth-order valence-electron chi connectivity index (χ4n) is 3.89. The van der Waals surface area contributed by atoms with E-state index in [-0.39, 0.29) is 23.6 Å². The Morgan fingerprint density at radius 1 is 0.533 bits per heavy atom. The maximum Gasteiger partial charge on any atom is 0.261 e. The van der Waals surface area contributed by atoms with Crippen molar-refractivity contribution in [2.45, 2.75) is 13.8 Å². The van der Waals surface area contributed by atoms with Crippen molar-refractivity contribution in [2.75, 3.05) is 13.1 Å². The third-order valence-corrected chi connectivity index (χ3v) is 5.37. The average Bonchev–Trinajstić information content (AvgIpc) is 3.02. The number of hydrogen-bond acceptors (Lipinski definition) is 4. The van der Waals surface area contributed by atoms with Gasteiger partial charge in [0.05, 0.1) is 11.1 Å². The van der Waals surface area contributed by atoms with Crippen LogP contribution >= 0.6 is 0 Å². The molecule has 4 amide bonds. The van der Waals surface area contributed by atoms with Gasteiger partial charge in [0.1, 0.15) is 0 Å². The van der Waals surface area contributed by atoms with E-state index in [1.54, 1.807) is 43.3 Å². The Labute approximate surface area is 173 Å². The summed E-state index contributed by atoms with van der Waals surface area (Å²) in [5, 5.41) is 1.73. The van der Waals surface area contributed by atoms with E-state index >= 15 is 0 Å². The maximum atomic E-state index is 12.1. The Bertz CT molecular complexity index is 1130. The first-order valence-electron chi connectivity index (χ1n) is 9.82. The van der Waals surface area contributed by atoms with Gasteiger partial charge in [0.15, 0.2) is 0 Å². The Balaban J connectivity index is 0.000000151. The average molecular weight is 400 g/mol. The molecule has 0 bridgehead atoms. The van der Waals surface area contributed by atoms with E-state index in [1.807, 2.05) is 31.2 Å². The molecular weight excluding hydrogens is 380 g/mol. The van der Waals surface area contributed by atoms with Crippen molar-refractivity contribution in [3.8, 4) is 0 Å². The molecule has 6 nitrogen and oxygen atoms in total. The zero-order valence-electron chi connectivity index (χ0n) is 16.7. The van der Waals surface area contributed by atoms with Crippen LogP contribution in [0.4, 0.5) is 0 Å². The summed E-state index contributed by atoms with van der Waals surface area (Å²) in [4.78, 5) is 49.9. The van der Waals surface area contributed by atoms with E-state index in [1.165, 1.54) is 9.80 Å². The molecule has 0 N–H and O–H groups in total. The van der Waals surface area contributed by atoms with Crippen LogP contribution in [-0.2, 0) is 0 Å². The molecule has 0 spiro atoms. The fraction of sp³-hybridized carbons (Fsp3) is 0.167. The number of rotatable bonds is 2. The summed E-state index contributed by atoms with van der Waals surface area (Å²) in [6.45, 7) is 4.44. The highest BCUT2D eigenvalue weighted by molar-refractivity contribution is 6.25. The highest BCUT2D eigenvalue weighted by Gasteiger charge is 2.33. The zero-order chi connectivity index (χ0) is 21.4. The van der Waals surface area contributed by atoms with Crippen LogP contribution in [0, 0.1) is 0 Å². The molecule has 0 unspecified atom stereocenters. The minimum Gasteiger partial charge on any atom is -0.275 e. The molecule has 30 heavy (non-hydrogen) atoms. The van der Waals surface area contributed by atoms with Gasteiger partial charge in [0.2, 0.25) is 0 Å². The summed E-state index contributed by atoms with van der Waals surface area (Å²) < 4.78 is 0. The lowest BCUT2D eigenvalue weighted by Gasteiger charge is -2.25. The second kappa shape index (κ2) is 7.55. The SMILES string of the molecule is CCN1C(=O)c2cccc3cccc(c23)C1=O.CCN1C(=O)c2ccccc2C1=O. The highest BCUT2D eigenvalue weighted by Crippen LogP contribution is 2.29. The minimum atomic E-state index is -0.193. The molecule has 0 atom stereocenters. The molecule has 0 fully saturated rings. The monoisotopic (exact) mass is 400 g/mol. The van der Waals surface area contributed by atoms with Crippen LogP contribution in [0.3, 0.4) is 0 Å². The van der Waals surface area contributed by atoms with Crippen molar-refractivity contribution in [1.82, 2.24) is 9.80 Å². The van der Waals surface area contributed by atoms with Gasteiger partial charge in [0, 0.05) is 29.6 Å². The van der Waals surface area contributed by atoms with E-state index in [9.17, 15) is 19.2 Å². The molecule has 0 aromatic heterocycles. The number of hydrogen-bond donors (Lipinski definition) is 0. The van der Waals surface area contributed by atoms with Crippen molar-refractivity contribution < 1.29 is 19.2 Å². The molecule has 3 aromatic carbocycles. The predicted molar refractivity (Wildman–Crippen MR) is 112 cm³/mol. The molecule has 150 valence electrons. The van der Waals surface area contributed by atoms with Crippen molar-refractivity contribution in [3.05, 3.63) is 82.9 Å². The van der Waals surface area contributed by atoms with Crippen molar-refractivity contribution in [2.24, 2.45) is 0 Å². The second-order valence-electron chi connectivity index (χ2n) is 6.96. The van der Waals surface area contributed by atoms with Crippen LogP contribution in [0.1, 0.15) is 55.3 Å². The van der Waals surface area contributed by atoms with Gasteiger partial charge >= 0.3 is 0 Å². The summed E-state index contributed by atoms with van der Waals surface area (Å²) in [5.74, 6) is -0.741. The molecule has 6 heteroatoms. The molecule has 0 saturated carbocycles. The number of imide groups is 2. The van der Waals surface area contributed by atoms with E-state index in [2.05, 4.69) is 0 Å². The lowest BCUT2D eigenvalue weighted by atomic mass is 9.94. The van der Waals surface area contributed by atoms with Crippen LogP contribution in [-0.4, -0.2) is 46.5 Å². The van der Waals surface area contributed by atoms with Crippen LogP contribution in [0.2, 0.25) is 0 Å². The first-order valence-corrected chi connectivity index (χ1v) is 9.82.